The van der Waals surface area contributed by atoms with E-state index in [0.29, 0.717) is 17.6 Å². The van der Waals surface area contributed by atoms with E-state index >= 15 is 0 Å². The van der Waals surface area contributed by atoms with Crippen molar-refractivity contribution in [1.29, 1.82) is 0 Å². The van der Waals surface area contributed by atoms with Gasteiger partial charge >= 0.3 is 0 Å². The van der Waals surface area contributed by atoms with E-state index in [1.165, 1.54) is 43.1 Å². The van der Waals surface area contributed by atoms with Crippen molar-refractivity contribution in [1.82, 2.24) is 19.5 Å². The number of hydrogen-bond acceptors (Lipinski definition) is 4. The van der Waals surface area contributed by atoms with Gasteiger partial charge in [-0.05, 0) is 73.8 Å². The minimum atomic E-state index is 0.563. The van der Waals surface area contributed by atoms with Gasteiger partial charge in [-0.2, -0.15) is 9.97 Å². The number of aromatic nitrogens is 4. The van der Waals surface area contributed by atoms with E-state index in [1.54, 1.807) is 0 Å². The molecule has 0 spiro atoms. The van der Waals surface area contributed by atoms with Crippen molar-refractivity contribution in [2.24, 2.45) is 0 Å². The van der Waals surface area contributed by atoms with Crippen LogP contribution >= 0.6 is 0 Å². The van der Waals surface area contributed by atoms with Crippen LogP contribution in [0.4, 0.5) is 0 Å². The maximum atomic E-state index is 6.32. The number of furan rings is 1. The molecule has 12 rings (SSSR count). The lowest BCUT2D eigenvalue weighted by atomic mass is 9.89. The average Bonchev–Trinajstić information content (AvgIpc) is 3.80. The molecule has 0 aliphatic carbocycles. The monoisotopic (exact) mass is 688 g/mol. The van der Waals surface area contributed by atoms with Crippen LogP contribution in [0.15, 0.2) is 174 Å². The van der Waals surface area contributed by atoms with Gasteiger partial charge in [0.05, 0.1) is 11.0 Å². The highest BCUT2D eigenvalue weighted by Crippen LogP contribution is 2.47. The number of nitrogens with zero attached hydrogens (tertiary/aromatic N) is 4. The molecule has 54 heavy (non-hydrogen) atoms. The highest BCUT2D eigenvalue weighted by Gasteiger charge is 2.25. The molecule has 3 aromatic heterocycles. The SMILES string of the molecule is c1ccc(-c2cc3c4ccc5ccccc5c4c4cccc5c4c3c(c2)n5-c2nc(-c3ccccc3)nc(-c3cccc4oc5ccccc5c34)n2)cc1. The van der Waals surface area contributed by atoms with E-state index in [1.807, 2.05) is 48.5 Å². The van der Waals surface area contributed by atoms with E-state index in [0.717, 1.165) is 55.2 Å². The Hall–Kier alpha value is -7.37. The normalized spacial score (nSPS) is 12.1. The third kappa shape index (κ3) is 4.12. The van der Waals surface area contributed by atoms with E-state index in [2.05, 4.69) is 126 Å². The van der Waals surface area contributed by atoms with Crippen LogP contribution in [0.2, 0.25) is 0 Å². The standard InChI is InChI=1S/C49H28N4O/c1-3-13-29(14-4-1)32-27-38-34-26-25-30-15-7-8-18-33(30)43(34)36-20-11-22-39-45(36)46(38)40(28-32)53(39)49-51-47(31-16-5-2-6-17-31)50-48(52-49)37-21-12-24-42-44(37)35-19-9-10-23-41(35)54-42/h1-28H. The second kappa shape index (κ2) is 11.1. The minimum absolute atomic E-state index is 0.563. The molecular weight excluding hydrogens is 661 g/mol. The first-order valence-electron chi connectivity index (χ1n) is 18.2. The molecule has 12 aromatic rings. The zero-order valence-electron chi connectivity index (χ0n) is 28.9. The Morgan fingerprint density at radius 1 is 0.370 bits per heavy atom. The first-order valence-corrected chi connectivity index (χ1v) is 18.2. The summed E-state index contributed by atoms with van der Waals surface area (Å²) in [6.07, 6.45) is 0. The Morgan fingerprint density at radius 2 is 1.06 bits per heavy atom. The maximum absolute atomic E-state index is 6.32. The fourth-order valence-corrected chi connectivity index (χ4v) is 8.67. The first kappa shape index (κ1) is 29.2. The van der Waals surface area contributed by atoms with Crippen LogP contribution in [0, 0.1) is 0 Å². The van der Waals surface area contributed by atoms with Gasteiger partial charge in [0.2, 0.25) is 5.95 Å². The van der Waals surface area contributed by atoms with Gasteiger partial charge in [0.1, 0.15) is 11.2 Å². The van der Waals surface area contributed by atoms with Gasteiger partial charge in [0.25, 0.3) is 0 Å². The zero-order chi connectivity index (χ0) is 35.3. The van der Waals surface area contributed by atoms with Crippen molar-refractivity contribution < 1.29 is 4.42 Å². The lowest BCUT2D eigenvalue weighted by molar-refractivity contribution is 0.669. The molecule has 0 aliphatic rings. The third-order valence-electron chi connectivity index (χ3n) is 11.0. The summed E-state index contributed by atoms with van der Waals surface area (Å²) in [5.41, 5.74) is 7.84. The third-order valence-corrected chi connectivity index (χ3v) is 11.0. The number of para-hydroxylation sites is 1. The molecule has 5 nitrogen and oxygen atoms in total. The van der Waals surface area contributed by atoms with Gasteiger partial charge in [-0.15, -0.1) is 0 Å². The molecule has 0 atom stereocenters. The molecule has 0 fully saturated rings. The summed E-state index contributed by atoms with van der Waals surface area (Å²) in [6.45, 7) is 0. The molecule has 0 saturated carbocycles. The van der Waals surface area contributed by atoms with Crippen LogP contribution in [0.3, 0.4) is 0 Å². The zero-order valence-corrected chi connectivity index (χ0v) is 28.9. The second-order valence-corrected chi connectivity index (χ2v) is 14.0. The molecular formula is C49H28N4O. The minimum Gasteiger partial charge on any atom is -0.456 e. The lowest BCUT2D eigenvalue weighted by Crippen LogP contribution is -2.06. The second-order valence-electron chi connectivity index (χ2n) is 14.0. The Morgan fingerprint density at radius 3 is 1.93 bits per heavy atom. The molecule has 0 saturated heterocycles. The number of hydrogen-bond donors (Lipinski definition) is 0. The predicted octanol–water partition coefficient (Wildman–Crippen LogP) is 12.8. The van der Waals surface area contributed by atoms with Crippen LogP contribution in [0.1, 0.15) is 0 Å². The summed E-state index contributed by atoms with van der Waals surface area (Å²) < 4.78 is 8.57. The first-order chi connectivity index (χ1) is 26.8. The summed E-state index contributed by atoms with van der Waals surface area (Å²) in [5, 5.41) is 11.8. The highest BCUT2D eigenvalue weighted by molar-refractivity contribution is 6.38. The molecule has 5 heteroatoms. The number of benzene rings is 9. The Kier molecular flexibility index (Phi) is 5.99. The van der Waals surface area contributed by atoms with Crippen molar-refractivity contribution in [2.75, 3.05) is 0 Å². The van der Waals surface area contributed by atoms with Crippen molar-refractivity contribution >= 4 is 76.1 Å². The van der Waals surface area contributed by atoms with E-state index < -0.39 is 0 Å². The summed E-state index contributed by atoms with van der Waals surface area (Å²) in [6, 6.07) is 59.6. The van der Waals surface area contributed by atoms with Crippen molar-refractivity contribution in [3.63, 3.8) is 0 Å². The fourth-order valence-electron chi connectivity index (χ4n) is 8.67. The molecule has 9 aromatic carbocycles. The molecule has 0 aliphatic heterocycles. The van der Waals surface area contributed by atoms with Crippen LogP contribution in [-0.4, -0.2) is 19.5 Å². The maximum Gasteiger partial charge on any atom is 0.238 e. The molecule has 0 amide bonds. The van der Waals surface area contributed by atoms with Crippen molar-refractivity contribution in [3.05, 3.63) is 170 Å². The van der Waals surface area contributed by atoms with E-state index in [-0.39, 0.29) is 0 Å². The summed E-state index contributed by atoms with van der Waals surface area (Å²) in [5.74, 6) is 1.76. The molecule has 0 bridgehead atoms. The quantitative estimate of drug-likeness (QED) is 0.173. The summed E-state index contributed by atoms with van der Waals surface area (Å²) >= 11 is 0. The number of rotatable bonds is 4. The molecule has 0 unspecified atom stereocenters. The van der Waals surface area contributed by atoms with Gasteiger partial charge in [-0.25, -0.2) is 4.98 Å². The van der Waals surface area contributed by atoms with E-state index in [9.17, 15) is 0 Å². The Bertz CT molecular complexity index is 3440. The molecule has 250 valence electrons. The van der Waals surface area contributed by atoms with Crippen molar-refractivity contribution in [3.8, 4) is 39.9 Å². The van der Waals surface area contributed by atoms with Crippen LogP contribution in [0.5, 0.6) is 0 Å². The van der Waals surface area contributed by atoms with Gasteiger partial charge in [-0.3, -0.25) is 4.57 Å². The van der Waals surface area contributed by atoms with Gasteiger partial charge in [0.15, 0.2) is 11.6 Å². The molecule has 0 radical (unpaired) electrons. The summed E-state index contributed by atoms with van der Waals surface area (Å²) in [7, 11) is 0. The summed E-state index contributed by atoms with van der Waals surface area (Å²) in [4.78, 5) is 15.9. The van der Waals surface area contributed by atoms with Gasteiger partial charge in [0, 0.05) is 32.7 Å². The van der Waals surface area contributed by atoms with Crippen LogP contribution in [0.25, 0.3) is 116 Å². The van der Waals surface area contributed by atoms with Gasteiger partial charge in [-0.1, -0.05) is 140 Å². The van der Waals surface area contributed by atoms with Crippen LogP contribution in [-0.2, 0) is 0 Å². The lowest BCUT2D eigenvalue weighted by Gasteiger charge is -2.13. The van der Waals surface area contributed by atoms with Crippen LogP contribution < -0.4 is 0 Å². The number of fused-ring (bicyclic) bond motifs is 8. The fraction of sp³-hybridized carbons (Fsp3) is 0. The van der Waals surface area contributed by atoms with Gasteiger partial charge < -0.3 is 4.42 Å². The molecule has 0 N–H and O–H groups in total. The van der Waals surface area contributed by atoms with Crippen molar-refractivity contribution in [2.45, 2.75) is 0 Å². The highest BCUT2D eigenvalue weighted by atomic mass is 16.3. The predicted molar refractivity (Wildman–Crippen MR) is 221 cm³/mol. The smallest absolute Gasteiger partial charge is 0.238 e. The molecule has 3 heterocycles. The average molecular weight is 689 g/mol. The topological polar surface area (TPSA) is 56.7 Å². The Labute approximate surface area is 308 Å². The van der Waals surface area contributed by atoms with E-state index in [4.69, 9.17) is 19.4 Å². The Balaban J connectivity index is 1.25. The largest absolute Gasteiger partial charge is 0.456 e.